The summed E-state index contributed by atoms with van der Waals surface area (Å²) in [6.45, 7) is 9.90. The number of rotatable bonds is 4. The summed E-state index contributed by atoms with van der Waals surface area (Å²) in [6.07, 6.45) is 1.79. The Morgan fingerprint density at radius 1 is 1.18 bits per heavy atom. The van der Waals surface area contributed by atoms with E-state index < -0.39 is 16.9 Å². The molecule has 9 nitrogen and oxygen atoms in total. The Hall–Kier alpha value is -3.90. The maximum Gasteiger partial charge on any atom is 0.349 e. The van der Waals surface area contributed by atoms with Gasteiger partial charge in [0.1, 0.15) is 17.6 Å². The van der Waals surface area contributed by atoms with Crippen molar-refractivity contribution in [3.05, 3.63) is 73.8 Å². The van der Waals surface area contributed by atoms with Crippen molar-refractivity contribution < 1.29 is 4.74 Å². The van der Waals surface area contributed by atoms with Crippen LogP contribution in [0.2, 0.25) is 5.02 Å². The molecule has 2 aromatic carbocycles. The summed E-state index contributed by atoms with van der Waals surface area (Å²) in [5.41, 5.74) is 0.674. The van der Waals surface area contributed by atoms with Crippen molar-refractivity contribution in [2.45, 2.75) is 40.7 Å². The first-order valence-corrected chi connectivity index (χ1v) is 10.7. The monoisotopic (exact) mass is 466 g/mol. The van der Waals surface area contributed by atoms with Gasteiger partial charge in [0.05, 0.1) is 28.1 Å². The Balaban J connectivity index is 0.00000149. The quantitative estimate of drug-likeness (QED) is 0.472. The Kier molecular flexibility index (Phi) is 6.99. The van der Waals surface area contributed by atoms with Crippen LogP contribution < -0.4 is 16.0 Å². The summed E-state index contributed by atoms with van der Waals surface area (Å²) in [5.74, 6) is 0.997. The lowest BCUT2D eigenvalue weighted by Crippen LogP contribution is -2.33. The number of aromatic nitrogens is 5. The Labute approximate surface area is 194 Å². The third kappa shape index (κ3) is 4.66. The number of benzene rings is 2. The number of ether oxygens (including phenoxy) is 1. The van der Waals surface area contributed by atoms with Gasteiger partial charge in [0.2, 0.25) is 5.69 Å². The van der Waals surface area contributed by atoms with Crippen LogP contribution in [0.15, 0.2) is 46.2 Å². The van der Waals surface area contributed by atoms with Gasteiger partial charge in [-0.2, -0.15) is 9.94 Å². The maximum atomic E-state index is 12.1. The van der Waals surface area contributed by atoms with E-state index in [1.807, 2.05) is 30.5 Å². The summed E-state index contributed by atoms with van der Waals surface area (Å²) in [7, 11) is 0. The zero-order valence-corrected chi connectivity index (χ0v) is 19.6. The van der Waals surface area contributed by atoms with Gasteiger partial charge in [-0.1, -0.05) is 25.4 Å². The molecule has 0 aliphatic heterocycles. The number of aryl methyl sites for hydroxylation is 1. The molecule has 170 valence electrons. The molecule has 33 heavy (non-hydrogen) atoms. The summed E-state index contributed by atoms with van der Waals surface area (Å²) in [4.78, 5) is 30.2. The van der Waals surface area contributed by atoms with E-state index in [-0.39, 0.29) is 11.1 Å². The van der Waals surface area contributed by atoms with Crippen molar-refractivity contribution in [3.63, 3.8) is 0 Å². The SMILES string of the molecule is CC.Cc1cc(-n2nc(C#N)c(=O)[nH]c2=O)cc(Cl)c1Oc1ccc2ncn(C(C)C)c2c1. The summed E-state index contributed by atoms with van der Waals surface area (Å²) >= 11 is 6.45. The van der Waals surface area contributed by atoms with Crippen molar-refractivity contribution in [2.24, 2.45) is 0 Å². The van der Waals surface area contributed by atoms with Crippen molar-refractivity contribution in [2.75, 3.05) is 0 Å². The third-order valence-electron chi connectivity index (χ3n) is 4.71. The zero-order valence-electron chi connectivity index (χ0n) is 18.9. The smallest absolute Gasteiger partial charge is 0.349 e. The lowest BCUT2D eigenvalue weighted by molar-refractivity contribution is 0.479. The molecule has 4 rings (SSSR count). The van der Waals surface area contributed by atoms with Crippen LogP contribution >= 0.6 is 11.6 Å². The molecule has 2 heterocycles. The van der Waals surface area contributed by atoms with E-state index in [0.717, 1.165) is 15.7 Å². The van der Waals surface area contributed by atoms with Crippen LogP contribution in [0.5, 0.6) is 11.5 Å². The fraction of sp³-hybridized carbons (Fsp3) is 0.261. The molecule has 0 unspecified atom stereocenters. The largest absolute Gasteiger partial charge is 0.455 e. The number of fused-ring (bicyclic) bond motifs is 1. The van der Waals surface area contributed by atoms with Crippen LogP contribution in [0.3, 0.4) is 0 Å². The van der Waals surface area contributed by atoms with Gasteiger partial charge in [-0.15, -0.1) is 5.10 Å². The Morgan fingerprint density at radius 2 is 1.91 bits per heavy atom. The fourth-order valence-electron chi connectivity index (χ4n) is 3.21. The van der Waals surface area contributed by atoms with Crippen LogP contribution in [-0.4, -0.2) is 24.3 Å². The molecule has 0 saturated carbocycles. The minimum absolute atomic E-state index is 0.242. The highest BCUT2D eigenvalue weighted by atomic mass is 35.5. The normalized spacial score (nSPS) is 10.6. The second-order valence-electron chi connectivity index (χ2n) is 7.20. The van der Waals surface area contributed by atoms with E-state index in [1.165, 1.54) is 6.07 Å². The standard InChI is InChI=1S/C21H17ClN6O3.C2H6/c1-11(2)27-10-24-16-5-4-14(8-18(16)27)31-19-12(3)6-13(7-15(19)22)28-21(30)25-20(29)17(9-23)26-28;1-2/h4-8,10-11H,1-3H3,(H,25,29,30);1-2H3. The fourth-order valence-corrected chi connectivity index (χ4v) is 3.51. The summed E-state index contributed by atoms with van der Waals surface area (Å²) in [6, 6.07) is 10.6. The lowest BCUT2D eigenvalue weighted by atomic mass is 10.2. The zero-order chi connectivity index (χ0) is 24.3. The lowest BCUT2D eigenvalue weighted by Gasteiger charge is -2.14. The molecule has 0 radical (unpaired) electrons. The Morgan fingerprint density at radius 3 is 2.55 bits per heavy atom. The predicted molar refractivity (Wildman–Crippen MR) is 126 cm³/mol. The van der Waals surface area contributed by atoms with Gasteiger partial charge in [-0.05, 0) is 50.6 Å². The molecular weight excluding hydrogens is 444 g/mol. The van der Waals surface area contributed by atoms with Crippen LogP contribution in [-0.2, 0) is 0 Å². The number of nitrogens with zero attached hydrogens (tertiary/aromatic N) is 5. The highest BCUT2D eigenvalue weighted by Crippen LogP contribution is 2.35. The van der Waals surface area contributed by atoms with Gasteiger partial charge < -0.3 is 9.30 Å². The number of imidazole rings is 1. The van der Waals surface area contributed by atoms with E-state index in [2.05, 4.69) is 28.9 Å². The van der Waals surface area contributed by atoms with Crippen molar-refractivity contribution in [1.82, 2.24) is 24.3 Å². The van der Waals surface area contributed by atoms with E-state index in [9.17, 15) is 9.59 Å². The number of H-pyrrole nitrogens is 1. The maximum absolute atomic E-state index is 12.1. The summed E-state index contributed by atoms with van der Waals surface area (Å²) in [5, 5.41) is 13.1. The van der Waals surface area contributed by atoms with E-state index >= 15 is 0 Å². The minimum Gasteiger partial charge on any atom is -0.455 e. The number of hydrogen-bond acceptors (Lipinski definition) is 6. The summed E-state index contributed by atoms with van der Waals surface area (Å²) < 4.78 is 9.00. The molecule has 0 aliphatic carbocycles. The first-order valence-electron chi connectivity index (χ1n) is 10.4. The highest BCUT2D eigenvalue weighted by molar-refractivity contribution is 6.32. The number of hydrogen-bond donors (Lipinski definition) is 1. The van der Waals surface area contributed by atoms with Crippen molar-refractivity contribution >= 4 is 22.6 Å². The van der Waals surface area contributed by atoms with Gasteiger partial charge >= 0.3 is 5.69 Å². The molecule has 0 atom stereocenters. The molecule has 0 amide bonds. The average Bonchev–Trinajstić information content (AvgIpc) is 3.21. The van der Waals surface area contributed by atoms with Crippen LogP contribution in [0.4, 0.5) is 0 Å². The van der Waals surface area contributed by atoms with E-state index in [0.29, 0.717) is 22.7 Å². The average molecular weight is 467 g/mol. The van der Waals surface area contributed by atoms with Crippen LogP contribution in [0.25, 0.3) is 16.7 Å². The van der Waals surface area contributed by atoms with Crippen molar-refractivity contribution in [3.8, 4) is 23.3 Å². The molecule has 4 aromatic rings. The molecule has 0 bridgehead atoms. The number of nitriles is 1. The predicted octanol–water partition coefficient (Wildman–Crippen LogP) is 4.50. The van der Waals surface area contributed by atoms with Gasteiger partial charge in [0.25, 0.3) is 5.56 Å². The molecule has 1 N–H and O–H groups in total. The van der Waals surface area contributed by atoms with Crippen molar-refractivity contribution in [1.29, 1.82) is 5.26 Å². The number of aromatic amines is 1. The third-order valence-corrected chi connectivity index (χ3v) is 5.00. The van der Waals surface area contributed by atoms with Gasteiger partial charge in [0.15, 0.2) is 0 Å². The van der Waals surface area contributed by atoms with Gasteiger partial charge in [-0.3, -0.25) is 9.78 Å². The molecule has 10 heteroatoms. The second-order valence-corrected chi connectivity index (χ2v) is 7.61. The molecule has 0 saturated heterocycles. The minimum atomic E-state index is -0.845. The first-order chi connectivity index (χ1) is 15.8. The number of nitrogens with one attached hydrogen (secondary N) is 1. The highest BCUT2D eigenvalue weighted by Gasteiger charge is 2.15. The molecular formula is C23H23ClN6O3. The van der Waals surface area contributed by atoms with Gasteiger partial charge in [0, 0.05) is 12.1 Å². The second kappa shape index (κ2) is 9.71. The Bertz CT molecular complexity index is 1450. The molecule has 2 aromatic heterocycles. The topological polar surface area (TPSA) is 119 Å². The van der Waals surface area contributed by atoms with E-state index in [4.69, 9.17) is 21.6 Å². The van der Waals surface area contributed by atoms with Crippen LogP contribution in [0, 0.1) is 18.3 Å². The van der Waals surface area contributed by atoms with Gasteiger partial charge in [-0.25, -0.2) is 9.78 Å². The van der Waals surface area contributed by atoms with E-state index in [1.54, 1.807) is 31.5 Å². The first kappa shape index (κ1) is 23.8. The van der Waals surface area contributed by atoms with Crippen LogP contribution in [0.1, 0.15) is 45.0 Å². The molecule has 0 spiro atoms. The molecule has 0 fully saturated rings. The number of halogens is 1. The molecule has 0 aliphatic rings.